The Kier molecular flexibility index (Phi) is 6.85. The molecule has 1 aliphatic rings. The van der Waals surface area contributed by atoms with E-state index in [1.165, 1.54) is 12.8 Å². The monoisotopic (exact) mass is 370 g/mol. The standard InChI is InChI=1S/C21H30N4O2/c1-2-9-20(26)22-13-12-19-23-17-10-5-6-11-18(17)25(19)16-21(27)24-14-7-3-4-8-15-24/h5-6,10-11H,2-4,7-9,12-16H2,1H3,(H,22,26). The number of rotatable bonds is 7. The van der Waals surface area contributed by atoms with Gasteiger partial charge in [-0.1, -0.05) is 31.9 Å². The van der Waals surface area contributed by atoms with Crippen LogP contribution in [0.25, 0.3) is 11.0 Å². The van der Waals surface area contributed by atoms with Gasteiger partial charge in [-0.2, -0.15) is 0 Å². The van der Waals surface area contributed by atoms with Crippen LogP contribution in [0.15, 0.2) is 24.3 Å². The van der Waals surface area contributed by atoms with E-state index in [0.717, 1.165) is 49.2 Å². The number of hydrogen-bond donors (Lipinski definition) is 1. The van der Waals surface area contributed by atoms with E-state index in [9.17, 15) is 9.59 Å². The molecule has 146 valence electrons. The van der Waals surface area contributed by atoms with Crippen molar-refractivity contribution >= 4 is 22.8 Å². The maximum absolute atomic E-state index is 12.9. The molecule has 6 nitrogen and oxygen atoms in total. The number of nitrogens with one attached hydrogen (secondary N) is 1. The number of carbonyl (C=O) groups is 2. The van der Waals surface area contributed by atoms with E-state index < -0.39 is 0 Å². The quantitative estimate of drug-likeness (QED) is 0.815. The number of benzene rings is 1. The molecule has 0 atom stereocenters. The Labute approximate surface area is 160 Å². The number of nitrogens with zero attached hydrogens (tertiary/aromatic N) is 3. The summed E-state index contributed by atoms with van der Waals surface area (Å²) < 4.78 is 2.02. The van der Waals surface area contributed by atoms with Crippen LogP contribution in [0.5, 0.6) is 0 Å². The maximum atomic E-state index is 12.9. The third kappa shape index (κ3) is 5.08. The molecule has 0 unspecified atom stereocenters. The summed E-state index contributed by atoms with van der Waals surface area (Å²) >= 11 is 0. The van der Waals surface area contributed by atoms with E-state index in [0.29, 0.717) is 25.9 Å². The first-order valence-corrected chi connectivity index (χ1v) is 10.2. The number of likely N-dealkylation sites (tertiary alicyclic amines) is 1. The number of hydrogen-bond acceptors (Lipinski definition) is 3. The molecular weight excluding hydrogens is 340 g/mol. The number of imidazole rings is 1. The molecule has 3 rings (SSSR count). The molecule has 2 aromatic rings. The number of para-hydroxylation sites is 2. The second-order valence-corrected chi connectivity index (χ2v) is 7.25. The average Bonchev–Trinajstić information content (AvgIpc) is 2.84. The molecule has 6 heteroatoms. The van der Waals surface area contributed by atoms with Crippen molar-refractivity contribution in [3.05, 3.63) is 30.1 Å². The first kappa shape index (κ1) is 19.4. The fraction of sp³-hybridized carbons (Fsp3) is 0.571. The van der Waals surface area contributed by atoms with Crippen molar-refractivity contribution in [2.75, 3.05) is 19.6 Å². The third-order valence-electron chi connectivity index (χ3n) is 5.13. The van der Waals surface area contributed by atoms with Crippen molar-refractivity contribution in [1.29, 1.82) is 0 Å². The van der Waals surface area contributed by atoms with E-state index in [-0.39, 0.29) is 11.8 Å². The fourth-order valence-electron chi connectivity index (χ4n) is 3.68. The van der Waals surface area contributed by atoms with Gasteiger partial charge in [0.05, 0.1) is 11.0 Å². The molecular formula is C21H30N4O2. The van der Waals surface area contributed by atoms with Crippen molar-refractivity contribution < 1.29 is 9.59 Å². The summed E-state index contributed by atoms with van der Waals surface area (Å²) in [4.78, 5) is 31.3. The van der Waals surface area contributed by atoms with Crippen molar-refractivity contribution in [2.45, 2.75) is 58.4 Å². The lowest BCUT2D eigenvalue weighted by atomic mass is 10.2. The van der Waals surface area contributed by atoms with Crippen LogP contribution in [-0.4, -0.2) is 45.9 Å². The lowest BCUT2D eigenvalue weighted by Gasteiger charge is -2.21. The minimum absolute atomic E-state index is 0.0702. The van der Waals surface area contributed by atoms with Gasteiger partial charge in [0.25, 0.3) is 0 Å². The van der Waals surface area contributed by atoms with E-state index >= 15 is 0 Å². The van der Waals surface area contributed by atoms with Gasteiger partial charge >= 0.3 is 0 Å². The van der Waals surface area contributed by atoms with E-state index in [1.54, 1.807) is 0 Å². The summed E-state index contributed by atoms with van der Waals surface area (Å²) in [5.74, 6) is 1.09. The molecule has 1 aliphatic heterocycles. The van der Waals surface area contributed by atoms with Gasteiger partial charge in [-0.05, 0) is 31.4 Å². The van der Waals surface area contributed by atoms with Crippen LogP contribution in [0, 0.1) is 0 Å². The van der Waals surface area contributed by atoms with Gasteiger partial charge in [-0.15, -0.1) is 0 Å². The molecule has 2 heterocycles. The Morgan fingerprint density at radius 2 is 1.85 bits per heavy atom. The molecule has 27 heavy (non-hydrogen) atoms. The predicted octanol–water partition coefficient (Wildman–Crippen LogP) is 2.90. The summed E-state index contributed by atoms with van der Waals surface area (Å²) in [6, 6.07) is 7.92. The highest BCUT2D eigenvalue weighted by molar-refractivity contribution is 5.81. The van der Waals surface area contributed by atoms with E-state index in [1.807, 2.05) is 40.7 Å². The zero-order chi connectivity index (χ0) is 19.1. The van der Waals surface area contributed by atoms with Crippen LogP contribution in [0.4, 0.5) is 0 Å². The minimum atomic E-state index is 0.0702. The fourth-order valence-corrected chi connectivity index (χ4v) is 3.68. The summed E-state index contributed by atoms with van der Waals surface area (Å²) in [6.07, 6.45) is 6.61. The van der Waals surface area contributed by atoms with Crippen LogP contribution in [0.3, 0.4) is 0 Å². The maximum Gasteiger partial charge on any atom is 0.242 e. The summed E-state index contributed by atoms with van der Waals surface area (Å²) in [6.45, 7) is 4.56. The lowest BCUT2D eigenvalue weighted by Crippen LogP contribution is -2.35. The van der Waals surface area contributed by atoms with Gasteiger partial charge in [-0.25, -0.2) is 4.98 Å². The van der Waals surface area contributed by atoms with Crippen molar-refractivity contribution in [2.24, 2.45) is 0 Å². The number of carbonyl (C=O) groups excluding carboxylic acids is 2. The third-order valence-corrected chi connectivity index (χ3v) is 5.13. The molecule has 1 fully saturated rings. The van der Waals surface area contributed by atoms with Gasteiger partial charge in [0, 0.05) is 32.5 Å². The largest absolute Gasteiger partial charge is 0.356 e. The first-order valence-electron chi connectivity index (χ1n) is 10.2. The Morgan fingerprint density at radius 1 is 1.11 bits per heavy atom. The van der Waals surface area contributed by atoms with Crippen LogP contribution in [0.1, 0.15) is 51.3 Å². The summed E-state index contributed by atoms with van der Waals surface area (Å²) in [7, 11) is 0. The Hall–Kier alpha value is -2.37. The normalized spacial score (nSPS) is 14.9. The average molecular weight is 370 g/mol. The summed E-state index contributed by atoms with van der Waals surface area (Å²) in [5, 5.41) is 2.94. The molecule has 0 aliphatic carbocycles. The zero-order valence-corrected chi connectivity index (χ0v) is 16.2. The molecule has 0 saturated carbocycles. The summed E-state index contributed by atoms with van der Waals surface area (Å²) in [5.41, 5.74) is 1.88. The van der Waals surface area contributed by atoms with Crippen molar-refractivity contribution in [1.82, 2.24) is 19.8 Å². The van der Waals surface area contributed by atoms with Gasteiger partial charge in [0.2, 0.25) is 11.8 Å². The Balaban J connectivity index is 1.73. The molecule has 1 N–H and O–H groups in total. The predicted molar refractivity (Wildman–Crippen MR) is 106 cm³/mol. The lowest BCUT2D eigenvalue weighted by molar-refractivity contribution is -0.131. The number of aromatic nitrogens is 2. The highest BCUT2D eigenvalue weighted by atomic mass is 16.2. The molecule has 0 spiro atoms. The SMILES string of the molecule is CCCC(=O)NCCc1nc2ccccc2n1CC(=O)N1CCCCCC1. The molecule has 1 saturated heterocycles. The molecule has 2 amide bonds. The Bertz CT molecular complexity index is 776. The van der Waals surface area contributed by atoms with Gasteiger partial charge in [-0.3, -0.25) is 9.59 Å². The van der Waals surface area contributed by atoms with Crippen LogP contribution in [0.2, 0.25) is 0 Å². The van der Waals surface area contributed by atoms with Gasteiger partial charge in [0.15, 0.2) is 0 Å². The highest BCUT2D eigenvalue weighted by Gasteiger charge is 2.19. The molecule has 1 aromatic carbocycles. The van der Waals surface area contributed by atoms with Crippen LogP contribution >= 0.6 is 0 Å². The zero-order valence-electron chi connectivity index (χ0n) is 16.2. The van der Waals surface area contributed by atoms with Crippen molar-refractivity contribution in [3.63, 3.8) is 0 Å². The van der Waals surface area contributed by atoms with E-state index in [4.69, 9.17) is 4.98 Å². The van der Waals surface area contributed by atoms with Crippen LogP contribution < -0.4 is 5.32 Å². The van der Waals surface area contributed by atoms with Gasteiger partial charge in [0.1, 0.15) is 12.4 Å². The number of amides is 2. The number of fused-ring (bicyclic) bond motifs is 1. The van der Waals surface area contributed by atoms with E-state index in [2.05, 4.69) is 5.32 Å². The highest BCUT2D eigenvalue weighted by Crippen LogP contribution is 2.18. The first-order chi connectivity index (χ1) is 13.2. The smallest absolute Gasteiger partial charge is 0.242 e. The van der Waals surface area contributed by atoms with Crippen molar-refractivity contribution in [3.8, 4) is 0 Å². The minimum Gasteiger partial charge on any atom is -0.356 e. The molecule has 1 aromatic heterocycles. The van der Waals surface area contributed by atoms with Crippen LogP contribution in [-0.2, 0) is 22.6 Å². The van der Waals surface area contributed by atoms with Gasteiger partial charge < -0.3 is 14.8 Å². The second-order valence-electron chi connectivity index (χ2n) is 7.25. The Morgan fingerprint density at radius 3 is 2.59 bits per heavy atom. The molecule has 0 radical (unpaired) electrons. The second kappa shape index (κ2) is 9.53. The molecule has 0 bridgehead atoms. The topological polar surface area (TPSA) is 67.2 Å².